The number of aryl methyl sites for hydroxylation is 1. The van der Waals surface area contributed by atoms with E-state index >= 15 is 0 Å². The number of hydrogen-bond donors (Lipinski definition) is 1. The summed E-state index contributed by atoms with van der Waals surface area (Å²) in [5.74, 6) is 0.899. The Labute approximate surface area is 113 Å². The first kappa shape index (κ1) is 12.2. The number of nitrogens with zero attached hydrogens (tertiary/aromatic N) is 2. The van der Waals surface area contributed by atoms with Gasteiger partial charge in [0.05, 0.1) is 18.2 Å². The van der Waals surface area contributed by atoms with E-state index in [4.69, 9.17) is 10.5 Å². The monoisotopic (exact) mass is 257 g/mol. The summed E-state index contributed by atoms with van der Waals surface area (Å²) in [6.45, 7) is 3.12. The number of hydrogen-bond acceptors (Lipinski definition) is 3. The van der Waals surface area contributed by atoms with E-state index in [1.165, 1.54) is 0 Å². The topological polar surface area (TPSA) is 53.1 Å². The molecule has 0 bridgehead atoms. The maximum atomic E-state index is 6.26. The molecule has 2 atom stereocenters. The van der Waals surface area contributed by atoms with Crippen LogP contribution >= 0.6 is 0 Å². The summed E-state index contributed by atoms with van der Waals surface area (Å²) in [6.07, 6.45) is 5.64. The third kappa shape index (κ3) is 2.24. The number of nitrogens with two attached hydrogens (primary N) is 1. The second kappa shape index (κ2) is 5.05. The Balaban J connectivity index is 1.90. The summed E-state index contributed by atoms with van der Waals surface area (Å²) in [5, 5.41) is 0. The summed E-state index contributed by atoms with van der Waals surface area (Å²) >= 11 is 0. The lowest BCUT2D eigenvalue weighted by molar-refractivity contribution is 0.153. The summed E-state index contributed by atoms with van der Waals surface area (Å²) in [6, 6.07) is 8.04. The zero-order valence-corrected chi connectivity index (χ0v) is 11.1. The Morgan fingerprint density at radius 2 is 2.26 bits per heavy atom. The first-order chi connectivity index (χ1) is 9.29. The van der Waals surface area contributed by atoms with Crippen molar-refractivity contribution in [3.05, 3.63) is 48.0 Å². The van der Waals surface area contributed by atoms with Gasteiger partial charge in [0.1, 0.15) is 11.9 Å². The molecular formula is C15H19N3O. The van der Waals surface area contributed by atoms with Gasteiger partial charge in [0.25, 0.3) is 0 Å². The largest absolute Gasteiger partial charge is 0.484 e. The quantitative estimate of drug-likeness (QED) is 0.920. The van der Waals surface area contributed by atoms with Crippen molar-refractivity contribution in [1.29, 1.82) is 0 Å². The van der Waals surface area contributed by atoms with E-state index in [1.807, 2.05) is 36.8 Å². The highest BCUT2D eigenvalue weighted by molar-refractivity contribution is 5.38. The normalized spacial score (nSPS) is 21.8. The molecule has 100 valence electrons. The lowest BCUT2D eigenvalue weighted by Gasteiger charge is -2.30. The number of imidazole rings is 1. The molecule has 0 saturated heterocycles. The fourth-order valence-electron chi connectivity index (χ4n) is 2.66. The van der Waals surface area contributed by atoms with Gasteiger partial charge in [-0.3, -0.25) is 0 Å². The molecule has 3 rings (SSSR count). The van der Waals surface area contributed by atoms with Crippen LogP contribution in [-0.2, 0) is 6.54 Å². The molecule has 2 heterocycles. The van der Waals surface area contributed by atoms with Crippen molar-refractivity contribution in [2.24, 2.45) is 5.73 Å². The average Bonchev–Trinajstić information content (AvgIpc) is 2.87. The predicted molar refractivity (Wildman–Crippen MR) is 73.9 cm³/mol. The van der Waals surface area contributed by atoms with Crippen molar-refractivity contribution < 1.29 is 4.74 Å². The van der Waals surface area contributed by atoms with Crippen molar-refractivity contribution in [3.63, 3.8) is 0 Å². The molecule has 1 aliphatic rings. The van der Waals surface area contributed by atoms with Gasteiger partial charge in [0, 0.05) is 24.6 Å². The molecule has 0 saturated carbocycles. The van der Waals surface area contributed by atoms with Crippen LogP contribution in [0.25, 0.3) is 0 Å². The smallest absolute Gasteiger partial charge is 0.142 e. The van der Waals surface area contributed by atoms with Gasteiger partial charge in [-0.15, -0.1) is 0 Å². The van der Waals surface area contributed by atoms with E-state index in [2.05, 4.69) is 16.5 Å². The second-order valence-corrected chi connectivity index (χ2v) is 5.00. The lowest BCUT2D eigenvalue weighted by Crippen LogP contribution is -2.25. The molecule has 2 aromatic rings. The third-order valence-corrected chi connectivity index (χ3v) is 3.59. The Morgan fingerprint density at radius 1 is 1.42 bits per heavy atom. The van der Waals surface area contributed by atoms with Crippen molar-refractivity contribution in [2.75, 3.05) is 0 Å². The molecule has 4 nitrogen and oxygen atoms in total. The van der Waals surface area contributed by atoms with Crippen LogP contribution in [0.4, 0.5) is 0 Å². The number of ether oxygens (including phenoxy) is 1. The first-order valence-electron chi connectivity index (χ1n) is 6.80. The fraction of sp³-hybridized carbons (Fsp3) is 0.400. The molecule has 2 N–H and O–H groups in total. The first-order valence-corrected chi connectivity index (χ1v) is 6.80. The van der Waals surface area contributed by atoms with Crippen LogP contribution in [0.3, 0.4) is 0 Å². The van der Waals surface area contributed by atoms with Crippen molar-refractivity contribution in [1.82, 2.24) is 9.55 Å². The van der Waals surface area contributed by atoms with Gasteiger partial charge in [-0.1, -0.05) is 25.1 Å². The molecule has 0 radical (unpaired) electrons. The number of fused-ring (bicyclic) bond motifs is 1. The highest BCUT2D eigenvalue weighted by Crippen LogP contribution is 2.39. The summed E-state index contributed by atoms with van der Waals surface area (Å²) in [7, 11) is 0. The minimum Gasteiger partial charge on any atom is -0.484 e. The van der Waals surface area contributed by atoms with Gasteiger partial charge >= 0.3 is 0 Å². The van der Waals surface area contributed by atoms with Crippen molar-refractivity contribution in [2.45, 2.75) is 38.5 Å². The predicted octanol–water partition coefficient (Wildman–Crippen LogP) is 2.82. The van der Waals surface area contributed by atoms with Crippen LogP contribution in [0.15, 0.2) is 36.8 Å². The van der Waals surface area contributed by atoms with Crippen LogP contribution in [0.5, 0.6) is 5.75 Å². The number of aromatic nitrogens is 2. The summed E-state index contributed by atoms with van der Waals surface area (Å²) in [5.41, 5.74) is 8.47. The van der Waals surface area contributed by atoms with E-state index in [1.54, 1.807) is 0 Å². The third-order valence-electron chi connectivity index (χ3n) is 3.59. The Morgan fingerprint density at radius 3 is 3.11 bits per heavy atom. The van der Waals surface area contributed by atoms with E-state index < -0.39 is 0 Å². The Bertz CT molecular complexity index is 564. The minimum atomic E-state index is -0.000972. The number of para-hydroxylation sites is 1. The van der Waals surface area contributed by atoms with Crippen molar-refractivity contribution >= 4 is 0 Å². The summed E-state index contributed by atoms with van der Waals surface area (Å²) < 4.78 is 8.25. The molecule has 0 amide bonds. The zero-order valence-electron chi connectivity index (χ0n) is 11.1. The molecule has 0 spiro atoms. The Kier molecular flexibility index (Phi) is 3.25. The SMILES string of the molecule is CCCn1cncc1C1CC(N)c2ccccc2O1. The van der Waals surface area contributed by atoms with Gasteiger partial charge in [-0.05, 0) is 12.5 Å². The van der Waals surface area contributed by atoms with Crippen LogP contribution in [0, 0.1) is 0 Å². The standard InChI is InChI=1S/C15H19N3O/c1-2-7-18-10-17-9-13(18)15-8-12(16)11-5-3-4-6-14(11)19-15/h3-6,9-10,12,15H,2,7-8,16H2,1H3. The number of benzene rings is 1. The van der Waals surface area contributed by atoms with Gasteiger partial charge in [-0.2, -0.15) is 0 Å². The summed E-state index contributed by atoms with van der Waals surface area (Å²) in [4.78, 5) is 4.24. The maximum Gasteiger partial charge on any atom is 0.142 e. The van der Waals surface area contributed by atoms with Gasteiger partial charge in [-0.25, -0.2) is 4.98 Å². The van der Waals surface area contributed by atoms with E-state index in [0.717, 1.165) is 36.4 Å². The van der Waals surface area contributed by atoms with Gasteiger partial charge in [0.15, 0.2) is 0 Å². The molecule has 1 aromatic heterocycles. The van der Waals surface area contributed by atoms with Gasteiger partial charge < -0.3 is 15.0 Å². The van der Waals surface area contributed by atoms with Crippen molar-refractivity contribution in [3.8, 4) is 5.75 Å². The molecule has 0 fully saturated rings. The van der Waals surface area contributed by atoms with E-state index in [0.29, 0.717) is 0 Å². The van der Waals surface area contributed by atoms with Crippen LogP contribution < -0.4 is 10.5 Å². The van der Waals surface area contributed by atoms with Gasteiger partial charge in [0.2, 0.25) is 0 Å². The second-order valence-electron chi connectivity index (χ2n) is 5.00. The molecule has 1 aromatic carbocycles. The lowest BCUT2D eigenvalue weighted by atomic mass is 9.96. The zero-order chi connectivity index (χ0) is 13.2. The highest BCUT2D eigenvalue weighted by atomic mass is 16.5. The highest BCUT2D eigenvalue weighted by Gasteiger charge is 2.28. The Hall–Kier alpha value is -1.81. The average molecular weight is 257 g/mol. The molecule has 0 aliphatic carbocycles. The number of rotatable bonds is 3. The van der Waals surface area contributed by atoms with Crippen LogP contribution in [0.1, 0.15) is 43.2 Å². The molecular weight excluding hydrogens is 238 g/mol. The van der Waals surface area contributed by atoms with E-state index in [-0.39, 0.29) is 12.1 Å². The van der Waals surface area contributed by atoms with Crippen LogP contribution in [-0.4, -0.2) is 9.55 Å². The molecule has 1 aliphatic heterocycles. The maximum absolute atomic E-state index is 6.26. The molecule has 19 heavy (non-hydrogen) atoms. The molecule has 2 unspecified atom stereocenters. The molecule has 4 heteroatoms. The van der Waals surface area contributed by atoms with E-state index in [9.17, 15) is 0 Å². The van der Waals surface area contributed by atoms with Crippen LogP contribution in [0.2, 0.25) is 0 Å². The fourth-order valence-corrected chi connectivity index (χ4v) is 2.66. The minimum absolute atomic E-state index is 0.000972.